The fourth-order valence-electron chi connectivity index (χ4n) is 4.56. The summed E-state index contributed by atoms with van der Waals surface area (Å²) in [5.41, 5.74) is 1.14. The standard InChI is InChI=1S/C25H25F2N5O3S/c1-14(2)25-30-23(31-35-25)15-6-8-32(9-7-15)24-19-12-17(26)11-18(22(19)28-13-29-24)16-4-5-21(20(27)10-16)36(3,33)34/h4-5,10-15H,6-9H2,1-3H3. The summed E-state index contributed by atoms with van der Waals surface area (Å²) in [7, 11) is -3.73. The second-order valence-corrected chi connectivity index (χ2v) is 11.4. The average Bonchev–Trinajstić information content (AvgIpc) is 3.33. The molecule has 8 nitrogen and oxygen atoms in total. The van der Waals surface area contributed by atoms with Gasteiger partial charge < -0.3 is 9.42 Å². The van der Waals surface area contributed by atoms with Crippen molar-refractivity contribution in [1.29, 1.82) is 0 Å². The van der Waals surface area contributed by atoms with Crippen LogP contribution < -0.4 is 4.90 Å². The number of fused-ring (bicyclic) bond motifs is 1. The van der Waals surface area contributed by atoms with Crippen LogP contribution in [0.25, 0.3) is 22.0 Å². The smallest absolute Gasteiger partial charge is 0.229 e. The van der Waals surface area contributed by atoms with Gasteiger partial charge in [-0.3, -0.25) is 0 Å². The van der Waals surface area contributed by atoms with E-state index < -0.39 is 26.4 Å². The van der Waals surface area contributed by atoms with E-state index in [-0.39, 0.29) is 11.8 Å². The second-order valence-electron chi connectivity index (χ2n) is 9.37. The van der Waals surface area contributed by atoms with Crippen molar-refractivity contribution in [2.45, 2.75) is 43.4 Å². The van der Waals surface area contributed by atoms with Gasteiger partial charge in [-0.05, 0) is 42.7 Å². The highest BCUT2D eigenvalue weighted by Gasteiger charge is 2.27. The van der Waals surface area contributed by atoms with Crippen LogP contribution in [0.1, 0.15) is 50.2 Å². The third kappa shape index (κ3) is 4.55. The zero-order valence-corrected chi connectivity index (χ0v) is 20.9. The first-order valence-corrected chi connectivity index (χ1v) is 13.5. The van der Waals surface area contributed by atoms with Gasteiger partial charge in [0.2, 0.25) is 5.89 Å². The first-order chi connectivity index (χ1) is 17.1. The van der Waals surface area contributed by atoms with Gasteiger partial charge in [-0.2, -0.15) is 4.98 Å². The molecule has 0 spiro atoms. The van der Waals surface area contributed by atoms with Gasteiger partial charge in [-0.15, -0.1) is 0 Å². The molecule has 1 aliphatic heterocycles. The van der Waals surface area contributed by atoms with Gasteiger partial charge in [-0.1, -0.05) is 25.1 Å². The SMILES string of the molecule is CC(C)c1nc(C2CCN(c3ncnc4c(-c5ccc(S(C)(=O)=O)c(F)c5)cc(F)cc34)CC2)no1. The van der Waals surface area contributed by atoms with E-state index in [2.05, 4.69) is 25.0 Å². The summed E-state index contributed by atoms with van der Waals surface area (Å²) < 4.78 is 58.3. The van der Waals surface area contributed by atoms with Gasteiger partial charge in [0.1, 0.15) is 28.7 Å². The van der Waals surface area contributed by atoms with Crippen molar-refractivity contribution < 1.29 is 21.7 Å². The van der Waals surface area contributed by atoms with Gasteiger partial charge in [0.15, 0.2) is 15.7 Å². The quantitative estimate of drug-likeness (QED) is 0.373. The van der Waals surface area contributed by atoms with Gasteiger partial charge in [-0.25, -0.2) is 27.2 Å². The number of piperidine rings is 1. The lowest BCUT2D eigenvalue weighted by Crippen LogP contribution is -2.34. The van der Waals surface area contributed by atoms with E-state index >= 15 is 0 Å². The number of sulfone groups is 1. The summed E-state index contributed by atoms with van der Waals surface area (Å²) in [6.07, 6.45) is 3.90. The van der Waals surface area contributed by atoms with E-state index in [1.54, 1.807) is 0 Å². The van der Waals surface area contributed by atoms with Crippen molar-refractivity contribution in [2.24, 2.45) is 0 Å². The van der Waals surface area contributed by atoms with Crippen LogP contribution in [-0.4, -0.2) is 47.9 Å². The van der Waals surface area contributed by atoms with Crippen LogP contribution in [-0.2, 0) is 9.84 Å². The Hall–Kier alpha value is -3.47. The van der Waals surface area contributed by atoms with Crippen molar-refractivity contribution in [1.82, 2.24) is 20.1 Å². The van der Waals surface area contributed by atoms with Crippen LogP contribution in [0.15, 0.2) is 46.1 Å². The lowest BCUT2D eigenvalue weighted by molar-refractivity contribution is 0.353. The van der Waals surface area contributed by atoms with Crippen LogP contribution in [0, 0.1) is 11.6 Å². The summed E-state index contributed by atoms with van der Waals surface area (Å²) in [5.74, 6) is 0.823. The van der Waals surface area contributed by atoms with Gasteiger partial charge in [0, 0.05) is 42.1 Å². The average molecular weight is 514 g/mol. The molecule has 0 N–H and O–H groups in total. The van der Waals surface area contributed by atoms with E-state index in [0.29, 0.717) is 52.7 Å². The molecule has 5 rings (SSSR count). The Kier molecular flexibility index (Phi) is 6.19. The molecule has 188 valence electrons. The molecule has 1 saturated heterocycles. The highest BCUT2D eigenvalue weighted by atomic mass is 32.2. The van der Waals surface area contributed by atoms with E-state index in [9.17, 15) is 17.2 Å². The number of hydrogen-bond acceptors (Lipinski definition) is 8. The number of anilines is 1. The molecule has 4 aromatic rings. The molecule has 1 fully saturated rings. The maximum atomic E-state index is 14.8. The molecule has 0 amide bonds. The van der Waals surface area contributed by atoms with E-state index in [1.807, 2.05) is 13.8 Å². The maximum Gasteiger partial charge on any atom is 0.229 e. The van der Waals surface area contributed by atoms with Crippen molar-refractivity contribution >= 4 is 26.6 Å². The molecule has 3 heterocycles. The van der Waals surface area contributed by atoms with Crippen molar-refractivity contribution in [3.8, 4) is 11.1 Å². The fourth-order valence-corrected chi connectivity index (χ4v) is 5.29. The molecular weight excluding hydrogens is 488 g/mol. The van der Waals surface area contributed by atoms with Crippen molar-refractivity contribution in [3.05, 3.63) is 60.0 Å². The summed E-state index contributed by atoms with van der Waals surface area (Å²) in [5, 5.41) is 4.65. The third-order valence-electron chi connectivity index (χ3n) is 6.44. The normalized spacial score (nSPS) is 15.2. The number of nitrogens with zero attached hydrogens (tertiary/aromatic N) is 5. The van der Waals surface area contributed by atoms with E-state index in [0.717, 1.165) is 25.2 Å². The molecule has 0 atom stereocenters. The van der Waals surface area contributed by atoms with Crippen LogP contribution in [0.4, 0.5) is 14.6 Å². The molecule has 1 aliphatic rings. The Morgan fingerprint density at radius 1 is 1.08 bits per heavy atom. The number of benzene rings is 2. The Labute approximate surface area is 207 Å². The Balaban J connectivity index is 1.47. The molecule has 36 heavy (non-hydrogen) atoms. The number of halogens is 2. The summed E-state index contributed by atoms with van der Waals surface area (Å²) in [6, 6.07) is 6.37. The monoisotopic (exact) mass is 513 g/mol. The third-order valence-corrected chi connectivity index (χ3v) is 7.57. The molecule has 0 radical (unpaired) electrons. The molecule has 2 aromatic carbocycles. The van der Waals surface area contributed by atoms with Gasteiger partial charge in [0.05, 0.1) is 5.52 Å². The highest BCUT2D eigenvalue weighted by Crippen LogP contribution is 2.36. The van der Waals surface area contributed by atoms with Crippen LogP contribution in [0.2, 0.25) is 0 Å². The second kappa shape index (κ2) is 9.20. The summed E-state index contributed by atoms with van der Waals surface area (Å²) in [4.78, 5) is 15.0. The minimum Gasteiger partial charge on any atom is -0.356 e. The lowest BCUT2D eigenvalue weighted by Gasteiger charge is -2.32. The minimum atomic E-state index is -3.73. The number of aromatic nitrogens is 4. The van der Waals surface area contributed by atoms with Crippen LogP contribution >= 0.6 is 0 Å². The highest BCUT2D eigenvalue weighted by molar-refractivity contribution is 7.90. The molecule has 0 unspecified atom stereocenters. The Morgan fingerprint density at radius 2 is 1.83 bits per heavy atom. The summed E-state index contributed by atoms with van der Waals surface area (Å²) >= 11 is 0. The van der Waals surface area contributed by atoms with Crippen LogP contribution in [0.5, 0.6) is 0 Å². The van der Waals surface area contributed by atoms with Crippen molar-refractivity contribution in [2.75, 3.05) is 24.2 Å². The summed E-state index contributed by atoms with van der Waals surface area (Å²) in [6.45, 7) is 5.32. The predicted octanol–water partition coefficient (Wildman–Crippen LogP) is 4.87. The number of rotatable bonds is 5. The number of hydrogen-bond donors (Lipinski definition) is 0. The zero-order valence-electron chi connectivity index (χ0n) is 20.1. The van der Waals surface area contributed by atoms with Gasteiger partial charge in [0.25, 0.3) is 0 Å². The predicted molar refractivity (Wildman–Crippen MR) is 131 cm³/mol. The fraction of sp³-hybridized carbons (Fsp3) is 0.360. The van der Waals surface area contributed by atoms with E-state index in [1.165, 1.54) is 30.6 Å². The first-order valence-electron chi connectivity index (χ1n) is 11.6. The van der Waals surface area contributed by atoms with Crippen molar-refractivity contribution in [3.63, 3.8) is 0 Å². The molecule has 0 saturated carbocycles. The molecule has 0 aliphatic carbocycles. The lowest BCUT2D eigenvalue weighted by atomic mass is 9.95. The topological polar surface area (TPSA) is 102 Å². The Morgan fingerprint density at radius 3 is 2.47 bits per heavy atom. The largest absolute Gasteiger partial charge is 0.356 e. The molecule has 2 aromatic heterocycles. The van der Waals surface area contributed by atoms with E-state index in [4.69, 9.17) is 4.52 Å². The Bertz CT molecular complexity index is 1550. The molecule has 0 bridgehead atoms. The first kappa shape index (κ1) is 24.2. The van der Waals surface area contributed by atoms with Gasteiger partial charge >= 0.3 is 0 Å². The zero-order chi connectivity index (χ0) is 25.6. The minimum absolute atomic E-state index is 0.161. The molecule has 11 heteroatoms. The maximum absolute atomic E-state index is 14.8. The van der Waals surface area contributed by atoms with Crippen LogP contribution in [0.3, 0.4) is 0 Å². The molecular formula is C25H25F2N5O3S.